The predicted octanol–water partition coefficient (Wildman–Crippen LogP) is 2.46. The largest absolute Gasteiger partial charge is 0.353 e. The second-order valence-electron chi connectivity index (χ2n) is 8.25. The lowest BCUT2D eigenvalue weighted by molar-refractivity contribution is -0.117. The van der Waals surface area contributed by atoms with E-state index in [2.05, 4.69) is 34.1 Å². The average Bonchev–Trinajstić information content (AvgIpc) is 2.99. The fourth-order valence-corrected chi connectivity index (χ4v) is 4.10. The van der Waals surface area contributed by atoms with Crippen molar-refractivity contribution in [1.29, 1.82) is 0 Å². The first kappa shape index (κ1) is 20.1. The summed E-state index contributed by atoms with van der Waals surface area (Å²) in [5.74, 6) is 0.820. The molecule has 1 N–H and O–H groups in total. The Morgan fingerprint density at radius 2 is 2.00 bits per heavy atom. The fourth-order valence-electron chi connectivity index (χ4n) is 4.10. The first-order valence-corrected chi connectivity index (χ1v) is 10.1. The molecule has 30 heavy (non-hydrogen) atoms. The van der Waals surface area contributed by atoms with E-state index in [4.69, 9.17) is 0 Å². The van der Waals surface area contributed by atoms with Gasteiger partial charge in [-0.3, -0.25) is 4.79 Å². The number of amides is 1. The van der Waals surface area contributed by atoms with Gasteiger partial charge in [0.25, 0.3) is 0 Å². The minimum absolute atomic E-state index is 0.276. The molecule has 0 bridgehead atoms. The number of carbonyl (C=O) groups excluding carboxylic acids is 1. The van der Waals surface area contributed by atoms with E-state index in [9.17, 15) is 14.0 Å². The molecule has 2 aromatic heterocycles. The number of nitrogens with zero attached hydrogens (tertiary/aromatic N) is 5. The Hall–Kier alpha value is -3.23. The minimum Gasteiger partial charge on any atom is -0.353 e. The van der Waals surface area contributed by atoms with Gasteiger partial charge in [0.15, 0.2) is 5.82 Å². The van der Waals surface area contributed by atoms with Crippen LogP contribution in [0, 0.1) is 24.6 Å². The van der Waals surface area contributed by atoms with E-state index in [1.165, 1.54) is 10.5 Å². The van der Waals surface area contributed by atoms with Gasteiger partial charge in [-0.25, -0.2) is 23.3 Å². The van der Waals surface area contributed by atoms with Crippen molar-refractivity contribution in [2.75, 3.05) is 23.3 Å². The zero-order chi connectivity index (χ0) is 21.4. The average molecular weight is 412 g/mol. The van der Waals surface area contributed by atoms with Gasteiger partial charge in [0.2, 0.25) is 11.6 Å². The van der Waals surface area contributed by atoms with Gasteiger partial charge < -0.3 is 10.2 Å². The summed E-state index contributed by atoms with van der Waals surface area (Å²) < 4.78 is 16.2. The highest BCUT2D eigenvalue weighted by atomic mass is 19.1. The van der Waals surface area contributed by atoms with Crippen molar-refractivity contribution in [3.05, 3.63) is 52.5 Å². The van der Waals surface area contributed by atoms with Crippen LogP contribution in [-0.2, 0) is 11.3 Å². The molecule has 1 amide bonds. The molecule has 0 radical (unpaired) electrons. The molecule has 4 rings (SSSR count). The first-order chi connectivity index (χ1) is 14.3. The third-order valence-corrected chi connectivity index (χ3v) is 5.40. The van der Waals surface area contributed by atoms with Crippen molar-refractivity contribution in [3.8, 4) is 0 Å². The molecule has 2 atom stereocenters. The van der Waals surface area contributed by atoms with Crippen molar-refractivity contribution in [1.82, 2.24) is 19.2 Å². The van der Waals surface area contributed by atoms with E-state index < -0.39 is 17.4 Å². The quantitative estimate of drug-likeness (QED) is 0.712. The standard InChI is InChI=1S/C21H25FN6O2/c1-13-8-14(2)11-26(10-13)19-20-25-28(21(30)27(20)7-6-23-19)12-18(29)24-16-5-4-15(3)17(22)9-16/h4-7,9,13-14H,8,10-12H2,1-3H3,(H,24,29). The molecule has 0 spiro atoms. The molecule has 1 aliphatic rings. The van der Waals surface area contributed by atoms with Crippen LogP contribution in [0.5, 0.6) is 0 Å². The van der Waals surface area contributed by atoms with Gasteiger partial charge in [0.05, 0.1) is 0 Å². The van der Waals surface area contributed by atoms with Crippen LogP contribution in [0.2, 0.25) is 0 Å². The summed E-state index contributed by atoms with van der Waals surface area (Å²) in [6.45, 7) is 7.46. The molecule has 0 aliphatic carbocycles. The third-order valence-electron chi connectivity index (χ3n) is 5.40. The smallest absolute Gasteiger partial charge is 0.350 e. The van der Waals surface area contributed by atoms with Gasteiger partial charge >= 0.3 is 5.69 Å². The topological polar surface area (TPSA) is 84.5 Å². The zero-order valence-electron chi connectivity index (χ0n) is 17.3. The Morgan fingerprint density at radius 1 is 1.27 bits per heavy atom. The molecule has 1 aliphatic heterocycles. The summed E-state index contributed by atoms with van der Waals surface area (Å²) in [6.07, 6.45) is 4.28. The van der Waals surface area contributed by atoms with Crippen molar-refractivity contribution < 1.29 is 9.18 Å². The van der Waals surface area contributed by atoms with Crippen LogP contribution in [0.15, 0.2) is 35.4 Å². The minimum atomic E-state index is -0.460. The number of rotatable bonds is 4. The summed E-state index contributed by atoms with van der Waals surface area (Å²) in [7, 11) is 0. The van der Waals surface area contributed by atoms with E-state index >= 15 is 0 Å². The van der Waals surface area contributed by atoms with Crippen LogP contribution in [0.25, 0.3) is 5.65 Å². The number of aromatic nitrogens is 4. The zero-order valence-corrected chi connectivity index (χ0v) is 17.3. The maximum atomic E-state index is 13.7. The van der Waals surface area contributed by atoms with Crippen LogP contribution in [0.3, 0.4) is 0 Å². The van der Waals surface area contributed by atoms with E-state index in [1.807, 2.05) is 0 Å². The summed E-state index contributed by atoms with van der Waals surface area (Å²) >= 11 is 0. The molecule has 1 fully saturated rings. The second kappa shape index (κ2) is 7.89. The Kier molecular flexibility index (Phi) is 5.27. The van der Waals surface area contributed by atoms with Crippen LogP contribution < -0.4 is 15.9 Å². The van der Waals surface area contributed by atoms with Crippen LogP contribution in [0.1, 0.15) is 25.8 Å². The number of aryl methyl sites for hydroxylation is 1. The lowest BCUT2D eigenvalue weighted by Crippen LogP contribution is -2.39. The highest BCUT2D eigenvalue weighted by Crippen LogP contribution is 2.26. The number of benzene rings is 1. The fraction of sp³-hybridized carbons (Fsp3) is 0.429. The lowest BCUT2D eigenvalue weighted by Gasteiger charge is -2.35. The highest BCUT2D eigenvalue weighted by molar-refractivity contribution is 5.90. The van der Waals surface area contributed by atoms with Gasteiger partial charge in [-0.05, 0) is 42.9 Å². The number of nitrogens with one attached hydrogen (secondary N) is 1. The summed E-state index contributed by atoms with van der Waals surface area (Å²) in [4.78, 5) is 31.8. The van der Waals surface area contributed by atoms with Gasteiger partial charge in [0, 0.05) is 31.2 Å². The molecule has 3 heterocycles. The van der Waals surface area contributed by atoms with Crippen molar-refractivity contribution in [2.24, 2.45) is 11.8 Å². The molecule has 1 saturated heterocycles. The summed E-state index contributed by atoms with van der Waals surface area (Å²) in [6, 6.07) is 4.45. The lowest BCUT2D eigenvalue weighted by atomic mass is 9.92. The Bertz CT molecular complexity index is 1140. The van der Waals surface area contributed by atoms with Gasteiger partial charge in [-0.1, -0.05) is 19.9 Å². The molecule has 1 aromatic carbocycles. The Labute approximate surface area is 173 Å². The maximum absolute atomic E-state index is 13.7. The molecular formula is C21H25FN6O2. The van der Waals surface area contributed by atoms with Crippen molar-refractivity contribution >= 4 is 23.1 Å². The Balaban J connectivity index is 1.59. The van der Waals surface area contributed by atoms with Crippen LogP contribution in [0.4, 0.5) is 15.9 Å². The van der Waals surface area contributed by atoms with Crippen molar-refractivity contribution in [2.45, 2.75) is 33.7 Å². The third kappa shape index (κ3) is 3.92. The van der Waals surface area contributed by atoms with Gasteiger partial charge in [-0.15, -0.1) is 5.10 Å². The SMILES string of the molecule is Cc1ccc(NC(=O)Cn2nc3c(N4CC(C)CC(C)C4)nccn3c2=O)cc1F. The number of halogens is 1. The van der Waals surface area contributed by atoms with E-state index in [0.29, 0.717) is 34.6 Å². The van der Waals surface area contributed by atoms with Crippen molar-refractivity contribution in [3.63, 3.8) is 0 Å². The van der Waals surface area contributed by atoms with E-state index in [1.54, 1.807) is 31.5 Å². The predicted molar refractivity (Wildman–Crippen MR) is 112 cm³/mol. The molecule has 9 heteroatoms. The normalized spacial score (nSPS) is 19.3. The number of hydrogen-bond acceptors (Lipinski definition) is 5. The number of fused-ring (bicyclic) bond motifs is 1. The highest BCUT2D eigenvalue weighted by Gasteiger charge is 2.25. The van der Waals surface area contributed by atoms with E-state index in [0.717, 1.165) is 24.2 Å². The van der Waals surface area contributed by atoms with Gasteiger partial charge in [0.1, 0.15) is 12.4 Å². The van der Waals surface area contributed by atoms with E-state index in [-0.39, 0.29) is 6.54 Å². The maximum Gasteiger partial charge on any atom is 0.350 e. The summed E-state index contributed by atoms with van der Waals surface area (Å²) in [5.41, 5.74) is 0.833. The molecule has 8 nitrogen and oxygen atoms in total. The molecule has 158 valence electrons. The number of piperidine rings is 1. The monoisotopic (exact) mass is 412 g/mol. The number of hydrogen-bond donors (Lipinski definition) is 1. The van der Waals surface area contributed by atoms with Crippen LogP contribution in [-0.4, -0.2) is 38.2 Å². The molecular weight excluding hydrogens is 387 g/mol. The summed E-state index contributed by atoms with van der Waals surface area (Å²) in [5, 5.41) is 6.98. The second-order valence-corrected chi connectivity index (χ2v) is 8.25. The number of anilines is 2. The Morgan fingerprint density at radius 3 is 2.70 bits per heavy atom. The number of carbonyl (C=O) groups is 1. The molecule has 3 aromatic rings. The first-order valence-electron chi connectivity index (χ1n) is 10.1. The molecule has 2 unspecified atom stereocenters. The molecule has 0 saturated carbocycles. The van der Waals surface area contributed by atoms with Gasteiger partial charge in [-0.2, -0.15) is 0 Å². The van der Waals surface area contributed by atoms with Crippen LogP contribution >= 0.6 is 0 Å².